The van der Waals surface area contributed by atoms with E-state index < -0.39 is 11.2 Å². The molecule has 0 bridgehead atoms. The van der Waals surface area contributed by atoms with Crippen LogP contribution in [-0.2, 0) is 17.8 Å². The SMILES string of the molecule is CCn1c(=O)c(-c2noc(CCC(=O)Nc3cccnc3Cl)n2)nn(-c2ccc(C)cc2)c1=O. The van der Waals surface area contributed by atoms with Crippen LogP contribution in [0.5, 0.6) is 0 Å². The number of anilines is 1. The van der Waals surface area contributed by atoms with Gasteiger partial charge in [-0.25, -0.2) is 9.78 Å². The summed E-state index contributed by atoms with van der Waals surface area (Å²) >= 11 is 5.94. The van der Waals surface area contributed by atoms with Crippen LogP contribution in [0.25, 0.3) is 17.2 Å². The summed E-state index contributed by atoms with van der Waals surface area (Å²) < 4.78 is 7.38. The van der Waals surface area contributed by atoms with Crippen molar-refractivity contribution in [2.75, 3.05) is 5.32 Å². The summed E-state index contributed by atoms with van der Waals surface area (Å²) in [5.41, 5.74) is 0.556. The van der Waals surface area contributed by atoms with E-state index in [1.165, 1.54) is 6.20 Å². The Morgan fingerprint density at radius 3 is 2.65 bits per heavy atom. The fourth-order valence-corrected chi connectivity index (χ4v) is 3.32. The van der Waals surface area contributed by atoms with Gasteiger partial charge in [0.2, 0.25) is 17.6 Å². The predicted molar refractivity (Wildman–Crippen MR) is 124 cm³/mol. The zero-order valence-electron chi connectivity index (χ0n) is 18.4. The van der Waals surface area contributed by atoms with E-state index in [-0.39, 0.29) is 47.9 Å². The first-order valence-electron chi connectivity index (χ1n) is 10.4. The summed E-state index contributed by atoms with van der Waals surface area (Å²) in [4.78, 5) is 46.0. The summed E-state index contributed by atoms with van der Waals surface area (Å²) in [5.74, 6) is -0.257. The first kappa shape index (κ1) is 23.1. The lowest BCUT2D eigenvalue weighted by Crippen LogP contribution is -2.41. The number of rotatable bonds is 7. The van der Waals surface area contributed by atoms with E-state index in [4.69, 9.17) is 16.1 Å². The van der Waals surface area contributed by atoms with Gasteiger partial charge in [0.05, 0.1) is 11.4 Å². The number of carbonyl (C=O) groups excluding carboxylic acids is 1. The second-order valence-electron chi connectivity index (χ2n) is 7.33. The van der Waals surface area contributed by atoms with E-state index in [1.54, 1.807) is 31.2 Å². The Labute approximate surface area is 198 Å². The molecule has 1 aromatic carbocycles. The van der Waals surface area contributed by atoms with Gasteiger partial charge < -0.3 is 9.84 Å². The van der Waals surface area contributed by atoms with Crippen molar-refractivity contribution in [2.24, 2.45) is 0 Å². The lowest BCUT2D eigenvalue weighted by molar-refractivity contribution is -0.116. The van der Waals surface area contributed by atoms with Crippen LogP contribution in [0.2, 0.25) is 5.15 Å². The lowest BCUT2D eigenvalue weighted by atomic mass is 10.2. The number of carbonyl (C=O) groups is 1. The van der Waals surface area contributed by atoms with Crippen LogP contribution < -0.4 is 16.6 Å². The Kier molecular flexibility index (Phi) is 6.64. The number of aromatic nitrogens is 6. The lowest BCUT2D eigenvalue weighted by Gasteiger charge is -2.09. The monoisotopic (exact) mass is 481 g/mol. The van der Waals surface area contributed by atoms with Crippen LogP contribution in [-0.4, -0.2) is 35.4 Å². The van der Waals surface area contributed by atoms with Gasteiger partial charge in [-0.1, -0.05) is 34.5 Å². The Morgan fingerprint density at radius 2 is 1.94 bits per heavy atom. The third-order valence-corrected chi connectivity index (χ3v) is 5.23. The largest absolute Gasteiger partial charge is 0.352 e. The highest BCUT2D eigenvalue weighted by molar-refractivity contribution is 6.32. The van der Waals surface area contributed by atoms with E-state index in [0.29, 0.717) is 11.4 Å². The van der Waals surface area contributed by atoms with Gasteiger partial charge in [0.1, 0.15) is 0 Å². The third-order valence-electron chi connectivity index (χ3n) is 4.93. The average Bonchev–Trinajstić information content (AvgIpc) is 3.29. The second-order valence-corrected chi connectivity index (χ2v) is 7.69. The van der Waals surface area contributed by atoms with Crippen molar-refractivity contribution < 1.29 is 9.32 Å². The molecule has 0 unspecified atom stereocenters. The highest BCUT2D eigenvalue weighted by atomic mass is 35.5. The molecule has 0 radical (unpaired) electrons. The quantitative estimate of drug-likeness (QED) is 0.397. The van der Waals surface area contributed by atoms with Gasteiger partial charge in [0.15, 0.2) is 10.8 Å². The Hall–Kier alpha value is -4.12. The molecule has 3 heterocycles. The van der Waals surface area contributed by atoms with Gasteiger partial charge in [-0.3, -0.25) is 14.2 Å². The minimum Gasteiger partial charge on any atom is -0.339 e. The van der Waals surface area contributed by atoms with Crippen LogP contribution in [0.1, 0.15) is 24.8 Å². The van der Waals surface area contributed by atoms with Crippen LogP contribution in [0.15, 0.2) is 56.7 Å². The number of pyridine rings is 1. The van der Waals surface area contributed by atoms with Gasteiger partial charge in [0.25, 0.3) is 5.56 Å². The number of hydrogen-bond donors (Lipinski definition) is 1. The third kappa shape index (κ3) is 4.79. The van der Waals surface area contributed by atoms with Gasteiger partial charge in [-0.15, -0.1) is 0 Å². The summed E-state index contributed by atoms with van der Waals surface area (Å²) in [6, 6.07) is 10.4. The molecule has 0 aliphatic carbocycles. The maximum absolute atomic E-state index is 12.9. The van der Waals surface area contributed by atoms with Gasteiger partial charge in [-0.05, 0) is 38.1 Å². The van der Waals surface area contributed by atoms with Crippen LogP contribution in [0.3, 0.4) is 0 Å². The second kappa shape index (κ2) is 9.79. The van der Waals surface area contributed by atoms with E-state index in [9.17, 15) is 14.4 Å². The normalized spacial score (nSPS) is 10.9. The highest BCUT2D eigenvalue weighted by Crippen LogP contribution is 2.18. The molecule has 0 aliphatic rings. The fourth-order valence-electron chi connectivity index (χ4n) is 3.15. The molecule has 4 rings (SSSR count). The minimum absolute atomic E-state index is 0.0301. The molecule has 1 amide bonds. The van der Waals surface area contributed by atoms with E-state index in [0.717, 1.165) is 14.8 Å². The number of aryl methyl sites for hydroxylation is 2. The molecule has 3 aromatic heterocycles. The van der Waals surface area contributed by atoms with Crippen molar-refractivity contribution in [2.45, 2.75) is 33.2 Å². The van der Waals surface area contributed by atoms with E-state index in [1.807, 2.05) is 19.1 Å². The first-order chi connectivity index (χ1) is 16.4. The highest BCUT2D eigenvalue weighted by Gasteiger charge is 2.20. The number of benzene rings is 1. The summed E-state index contributed by atoms with van der Waals surface area (Å²) in [7, 11) is 0. The van der Waals surface area contributed by atoms with E-state index in [2.05, 4.69) is 25.5 Å². The number of nitrogens with one attached hydrogen (secondary N) is 1. The van der Waals surface area contributed by atoms with E-state index >= 15 is 0 Å². The molecule has 174 valence electrons. The fraction of sp³-hybridized carbons (Fsp3) is 0.227. The van der Waals surface area contributed by atoms with Crippen LogP contribution in [0, 0.1) is 6.92 Å². The molecular weight excluding hydrogens is 462 g/mol. The Morgan fingerprint density at radius 1 is 1.18 bits per heavy atom. The molecule has 0 aliphatic heterocycles. The summed E-state index contributed by atoms with van der Waals surface area (Å²) in [6.45, 7) is 3.74. The molecular formula is C22H20ClN7O4. The van der Waals surface area contributed by atoms with Crippen molar-refractivity contribution in [3.05, 3.63) is 80.0 Å². The van der Waals surface area contributed by atoms with Gasteiger partial charge in [0, 0.05) is 25.6 Å². The Balaban J connectivity index is 1.58. The maximum Gasteiger partial charge on any atom is 0.352 e. The van der Waals surface area contributed by atoms with Crippen LogP contribution in [0.4, 0.5) is 5.69 Å². The molecule has 4 aromatic rings. The zero-order valence-corrected chi connectivity index (χ0v) is 19.1. The predicted octanol–water partition coefficient (Wildman–Crippen LogP) is 2.39. The first-order valence-corrected chi connectivity index (χ1v) is 10.8. The molecule has 0 saturated carbocycles. The average molecular weight is 482 g/mol. The number of halogens is 1. The molecule has 34 heavy (non-hydrogen) atoms. The van der Waals surface area contributed by atoms with Gasteiger partial charge in [-0.2, -0.15) is 14.8 Å². The number of amides is 1. The number of hydrogen-bond acceptors (Lipinski definition) is 8. The molecule has 1 N–H and O–H groups in total. The molecule has 12 heteroatoms. The van der Waals surface area contributed by atoms with Crippen molar-refractivity contribution >= 4 is 23.2 Å². The molecule has 0 saturated heterocycles. The maximum atomic E-state index is 12.9. The summed E-state index contributed by atoms with van der Waals surface area (Å²) in [5, 5.41) is 10.9. The molecule has 11 nitrogen and oxygen atoms in total. The Bertz CT molecular complexity index is 1460. The van der Waals surface area contributed by atoms with Crippen molar-refractivity contribution in [1.82, 2.24) is 29.5 Å². The van der Waals surface area contributed by atoms with Crippen LogP contribution >= 0.6 is 11.6 Å². The van der Waals surface area contributed by atoms with Crippen molar-refractivity contribution in [3.8, 4) is 17.2 Å². The zero-order chi connectivity index (χ0) is 24.2. The molecule has 0 spiro atoms. The van der Waals surface area contributed by atoms with Crippen molar-refractivity contribution in [3.63, 3.8) is 0 Å². The van der Waals surface area contributed by atoms with Gasteiger partial charge >= 0.3 is 5.69 Å². The smallest absolute Gasteiger partial charge is 0.339 e. The number of nitrogens with zero attached hydrogens (tertiary/aromatic N) is 6. The summed E-state index contributed by atoms with van der Waals surface area (Å²) in [6.07, 6.45) is 1.67. The molecule has 0 fully saturated rings. The molecule has 0 atom stereocenters. The van der Waals surface area contributed by atoms with Crippen molar-refractivity contribution in [1.29, 1.82) is 0 Å². The topological polar surface area (TPSA) is 138 Å². The standard InChI is InChI=1S/C22H20ClN7O4/c1-3-29-21(32)18(27-30(22(29)33)14-8-6-13(2)7-9-14)20-26-17(34-28-20)11-10-16(31)25-15-5-4-12-24-19(15)23/h4-9,12H,3,10-11H2,1-2H3,(H,25,31). The minimum atomic E-state index is -0.632.